The summed E-state index contributed by atoms with van der Waals surface area (Å²) >= 11 is 0. The summed E-state index contributed by atoms with van der Waals surface area (Å²) in [6, 6.07) is 51.4. The maximum Gasteiger partial charge on any atom is 0.0540 e. The number of hydrogen-bond donors (Lipinski definition) is 0. The minimum atomic E-state index is -0.137. The zero-order valence-electron chi connectivity index (χ0n) is 24.3. The molecule has 1 aliphatic rings. The van der Waals surface area contributed by atoms with Gasteiger partial charge in [-0.05, 0) is 113 Å². The summed E-state index contributed by atoms with van der Waals surface area (Å²) < 4.78 is 0. The Kier molecular flexibility index (Phi) is 6.06. The fourth-order valence-electron chi connectivity index (χ4n) is 6.44. The number of nitrogens with zero attached hydrogens (tertiary/aromatic N) is 1. The zero-order chi connectivity index (χ0) is 29.1. The zero-order valence-corrected chi connectivity index (χ0v) is 25.2. The molecule has 7 aromatic carbocycles. The van der Waals surface area contributed by atoms with E-state index >= 15 is 0 Å². The Morgan fingerprint density at radius 3 is 1.81 bits per heavy atom. The third kappa shape index (κ3) is 4.29. The first-order valence-corrected chi connectivity index (χ1v) is 16.1. The molecule has 0 amide bonds. The quantitative estimate of drug-likeness (QED) is 0.150. The van der Waals surface area contributed by atoms with Crippen molar-refractivity contribution in [3.63, 3.8) is 0 Å². The van der Waals surface area contributed by atoms with Crippen molar-refractivity contribution in [2.75, 3.05) is 4.90 Å². The van der Waals surface area contributed by atoms with Gasteiger partial charge in [-0.25, -0.2) is 0 Å². The van der Waals surface area contributed by atoms with E-state index in [1.807, 2.05) is 0 Å². The van der Waals surface area contributed by atoms with Crippen molar-refractivity contribution < 1.29 is 0 Å². The Balaban J connectivity index is 1.35. The summed E-state index contributed by atoms with van der Waals surface area (Å²) in [6.45, 7) is 4.28. The molecule has 1 unspecified atom stereocenters. The lowest BCUT2D eigenvalue weighted by Gasteiger charge is -2.27. The van der Waals surface area contributed by atoms with Crippen LogP contribution in [0.4, 0.5) is 17.1 Å². The van der Waals surface area contributed by atoms with Crippen LogP contribution in [0.15, 0.2) is 149 Å². The van der Waals surface area contributed by atoms with Crippen molar-refractivity contribution in [1.82, 2.24) is 0 Å². The van der Waals surface area contributed by atoms with Gasteiger partial charge in [0, 0.05) is 26.6 Å². The van der Waals surface area contributed by atoms with Gasteiger partial charge >= 0.3 is 0 Å². The molecule has 43 heavy (non-hydrogen) atoms. The minimum Gasteiger partial charge on any atom is -0.310 e. The van der Waals surface area contributed by atoms with E-state index in [9.17, 15) is 0 Å². The molecule has 0 aliphatic carbocycles. The van der Waals surface area contributed by atoms with Crippen LogP contribution in [-0.2, 0) is 0 Å². The molecule has 1 atom stereocenters. The van der Waals surface area contributed by atoms with Gasteiger partial charge in [0.2, 0.25) is 0 Å². The lowest BCUT2D eigenvalue weighted by Crippen LogP contribution is -2.10. The van der Waals surface area contributed by atoms with Gasteiger partial charge in [-0.15, -0.1) is 10.5 Å². The van der Waals surface area contributed by atoms with Crippen molar-refractivity contribution in [3.05, 3.63) is 151 Å². The number of hydrogen-bond acceptors (Lipinski definition) is 1. The Hall–Kier alpha value is -4.92. The lowest BCUT2D eigenvalue weighted by molar-refractivity contribution is 1.28. The van der Waals surface area contributed by atoms with Crippen LogP contribution >= 0.6 is 10.5 Å². The maximum atomic E-state index is 4.52. The highest BCUT2D eigenvalue weighted by Crippen LogP contribution is 2.52. The number of anilines is 3. The van der Waals surface area contributed by atoms with Gasteiger partial charge in [0.1, 0.15) is 0 Å². The third-order valence-corrected chi connectivity index (χ3v) is 10.5. The lowest BCUT2D eigenvalue weighted by atomic mass is 9.93. The van der Waals surface area contributed by atoms with Gasteiger partial charge in [0.25, 0.3) is 0 Å². The average molecular weight is 570 g/mol. The first-order valence-electron chi connectivity index (χ1n) is 14.7. The summed E-state index contributed by atoms with van der Waals surface area (Å²) in [4.78, 5) is 5.07. The van der Waals surface area contributed by atoms with Gasteiger partial charge in [-0.2, -0.15) is 0 Å². The number of rotatable bonds is 4. The van der Waals surface area contributed by atoms with Crippen molar-refractivity contribution in [2.45, 2.75) is 23.6 Å². The standard InChI is InChI=1S/C41H31NS/c1-27-14-19-32(20-15-27)42(33-21-16-28(2)17-22-33)39-12-7-9-30-24-29-8-6-11-34(36(29)26-37(30)39)31-18-23-41-38(25-31)35-10-4-5-13-40(35)43(41)3/h4-26H,3H2,1-2H3. The fraction of sp³-hybridized carbons (Fsp3) is 0.0488. The molecule has 8 rings (SSSR count). The predicted octanol–water partition coefficient (Wildman–Crippen LogP) is 11.8. The average Bonchev–Trinajstić information content (AvgIpc) is 3.33. The van der Waals surface area contributed by atoms with Gasteiger partial charge in [0.05, 0.1) is 5.69 Å². The molecule has 206 valence electrons. The Bertz CT molecular complexity index is 2160. The highest BCUT2D eigenvalue weighted by atomic mass is 32.2. The van der Waals surface area contributed by atoms with Crippen LogP contribution < -0.4 is 4.90 Å². The van der Waals surface area contributed by atoms with Gasteiger partial charge in [0.15, 0.2) is 0 Å². The first-order chi connectivity index (χ1) is 21.0. The minimum absolute atomic E-state index is 0.137. The molecule has 0 saturated heterocycles. The smallest absolute Gasteiger partial charge is 0.0540 e. The molecule has 0 fully saturated rings. The fourth-order valence-corrected chi connectivity index (χ4v) is 8.03. The van der Waals surface area contributed by atoms with Crippen molar-refractivity contribution in [2.24, 2.45) is 0 Å². The number of aryl methyl sites for hydroxylation is 2. The van der Waals surface area contributed by atoms with Crippen LogP contribution in [0.25, 0.3) is 43.8 Å². The monoisotopic (exact) mass is 569 g/mol. The van der Waals surface area contributed by atoms with Crippen molar-refractivity contribution >= 4 is 55.0 Å². The van der Waals surface area contributed by atoms with E-state index in [1.165, 1.54) is 70.4 Å². The highest BCUT2D eigenvalue weighted by Gasteiger charge is 2.22. The Morgan fingerprint density at radius 2 is 1.09 bits per heavy atom. The summed E-state index contributed by atoms with van der Waals surface area (Å²) in [6.07, 6.45) is 0. The van der Waals surface area contributed by atoms with E-state index in [0.29, 0.717) is 0 Å². The molecule has 0 N–H and O–H groups in total. The normalized spacial score (nSPS) is 13.7. The molecule has 0 aromatic heterocycles. The van der Waals surface area contributed by atoms with E-state index in [0.717, 1.165) is 11.4 Å². The molecule has 7 aromatic rings. The summed E-state index contributed by atoms with van der Waals surface area (Å²) in [5.41, 5.74) is 11.1. The van der Waals surface area contributed by atoms with E-state index in [-0.39, 0.29) is 10.5 Å². The summed E-state index contributed by atoms with van der Waals surface area (Å²) in [5.74, 6) is 4.52. The number of benzene rings is 7. The molecule has 0 bridgehead atoms. The topological polar surface area (TPSA) is 3.24 Å². The molecule has 1 nitrogen and oxygen atoms in total. The van der Waals surface area contributed by atoms with Crippen molar-refractivity contribution in [1.29, 1.82) is 0 Å². The SMILES string of the molecule is C=S1c2ccccc2-c2cc(-c3cccc4cc5cccc(N(c6ccc(C)cc6)c6ccc(C)cc6)c5cc34)ccc21. The summed E-state index contributed by atoms with van der Waals surface area (Å²) in [5, 5.41) is 4.97. The molecular weight excluding hydrogens is 539 g/mol. The highest BCUT2D eigenvalue weighted by molar-refractivity contribution is 8.14. The van der Waals surface area contributed by atoms with E-state index in [4.69, 9.17) is 0 Å². The second-order valence-corrected chi connectivity index (χ2v) is 13.1. The van der Waals surface area contributed by atoms with Gasteiger partial charge in [-0.1, -0.05) is 95.9 Å². The van der Waals surface area contributed by atoms with Gasteiger partial charge < -0.3 is 4.90 Å². The van der Waals surface area contributed by atoms with E-state index in [2.05, 4.69) is 164 Å². The van der Waals surface area contributed by atoms with Crippen molar-refractivity contribution in [3.8, 4) is 22.3 Å². The van der Waals surface area contributed by atoms with Crippen LogP contribution in [0.1, 0.15) is 11.1 Å². The second kappa shape index (κ2) is 10.1. The molecule has 2 heteroatoms. The first kappa shape index (κ1) is 25.8. The predicted molar refractivity (Wildman–Crippen MR) is 188 cm³/mol. The molecular formula is C41H31NS. The Morgan fingerprint density at radius 1 is 0.488 bits per heavy atom. The van der Waals surface area contributed by atoms with Gasteiger partial charge in [-0.3, -0.25) is 0 Å². The van der Waals surface area contributed by atoms with E-state index < -0.39 is 0 Å². The molecule has 0 spiro atoms. The molecule has 0 saturated carbocycles. The third-order valence-electron chi connectivity index (χ3n) is 8.68. The summed E-state index contributed by atoms with van der Waals surface area (Å²) in [7, 11) is -0.137. The molecule has 1 heterocycles. The second-order valence-electron chi connectivity index (χ2n) is 11.5. The van der Waals surface area contributed by atoms with Crippen LogP contribution in [0.2, 0.25) is 0 Å². The molecule has 1 aliphatic heterocycles. The maximum absolute atomic E-state index is 4.52. The number of fused-ring (bicyclic) bond motifs is 5. The Labute approximate surface area is 255 Å². The largest absolute Gasteiger partial charge is 0.310 e. The van der Waals surface area contributed by atoms with Crippen LogP contribution in [0.5, 0.6) is 0 Å². The van der Waals surface area contributed by atoms with E-state index in [1.54, 1.807) is 0 Å². The van der Waals surface area contributed by atoms with Crippen LogP contribution in [0.3, 0.4) is 0 Å². The van der Waals surface area contributed by atoms with Crippen LogP contribution in [-0.4, -0.2) is 5.87 Å². The molecule has 0 radical (unpaired) electrons. The van der Waals surface area contributed by atoms with Crippen LogP contribution in [0, 0.1) is 13.8 Å².